The number of carboxylic acids is 1. The predicted octanol–water partition coefficient (Wildman–Crippen LogP) is 1.76. The first kappa shape index (κ1) is 14.2. The molecule has 1 heterocycles. The van der Waals surface area contributed by atoms with E-state index in [-0.39, 0.29) is 18.4 Å². The van der Waals surface area contributed by atoms with Crippen LogP contribution in [0.2, 0.25) is 0 Å². The highest BCUT2D eigenvalue weighted by Crippen LogP contribution is 2.06. The molecule has 0 radical (unpaired) electrons. The molecule has 1 rings (SSSR count). The van der Waals surface area contributed by atoms with Crippen molar-refractivity contribution < 1.29 is 14.7 Å². The molecule has 1 aromatic heterocycles. The van der Waals surface area contributed by atoms with E-state index in [1.54, 1.807) is 12.3 Å². The molecule has 0 saturated heterocycles. The van der Waals surface area contributed by atoms with Crippen molar-refractivity contribution in [2.75, 3.05) is 0 Å². The van der Waals surface area contributed by atoms with Crippen LogP contribution in [0.3, 0.4) is 0 Å². The Morgan fingerprint density at radius 1 is 1.44 bits per heavy atom. The Balaban J connectivity index is 2.68. The molecule has 0 saturated carbocycles. The second-order valence-corrected chi connectivity index (χ2v) is 4.31. The van der Waals surface area contributed by atoms with Gasteiger partial charge in [-0.2, -0.15) is 0 Å². The van der Waals surface area contributed by atoms with E-state index in [1.165, 1.54) is 6.20 Å². The zero-order chi connectivity index (χ0) is 13.5. The second kappa shape index (κ2) is 6.74. The molecule has 1 aromatic rings. The van der Waals surface area contributed by atoms with Crippen LogP contribution in [0.15, 0.2) is 18.5 Å². The molecule has 1 atom stereocenters. The molecule has 5 heteroatoms. The van der Waals surface area contributed by atoms with Crippen molar-refractivity contribution in [1.29, 1.82) is 0 Å². The lowest BCUT2D eigenvalue weighted by Crippen LogP contribution is -2.36. The third-order valence-corrected chi connectivity index (χ3v) is 2.53. The molecular formula is C13H18N2O3. The number of hydrogen-bond acceptors (Lipinski definition) is 3. The summed E-state index contributed by atoms with van der Waals surface area (Å²) in [5.74, 6) is -1.18. The summed E-state index contributed by atoms with van der Waals surface area (Å²) in [6.45, 7) is 3.81. The summed E-state index contributed by atoms with van der Waals surface area (Å²) in [7, 11) is 0. The Morgan fingerprint density at radius 2 is 2.17 bits per heavy atom. The summed E-state index contributed by atoms with van der Waals surface area (Å²) >= 11 is 0. The Bertz CT molecular complexity index is 432. The van der Waals surface area contributed by atoms with Gasteiger partial charge in [-0.15, -0.1) is 0 Å². The maximum absolute atomic E-state index is 11.9. The van der Waals surface area contributed by atoms with Gasteiger partial charge in [0.1, 0.15) is 0 Å². The third-order valence-electron chi connectivity index (χ3n) is 2.53. The van der Waals surface area contributed by atoms with E-state index < -0.39 is 5.97 Å². The quantitative estimate of drug-likeness (QED) is 0.806. The number of pyridine rings is 1. The van der Waals surface area contributed by atoms with Gasteiger partial charge in [0, 0.05) is 18.4 Å². The molecule has 0 aliphatic rings. The normalized spacial score (nSPS) is 11.9. The number of carboxylic acid groups (broad SMARTS) is 1. The minimum Gasteiger partial charge on any atom is -0.481 e. The Morgan fingerprint density at radius 3 is 2.72 bits per heavy atom. The van der Waals surface area contributed by atoms with E-state index >= 15 is 0 Å². The molecule has 0 fully saturated rings. The van der Waals surface area contributed by atoms with Crippen LogP contribution in [0.25, 0.3) is 0 Å². The first-order valence-electron chi connectivity index (χ1n) is 5.97. The van der Waals surface area contributed by atoms with E-state index in [9.17, 15) is 9.59 Å². The van der Waals surface area contributed by atoms with E-state index in [2.05, 4.69) is 10.3 Å². The number of nitrogens with zero attached hydrogens (tertiary/aromatic N) is 1. The number of aromatic nitrogens is 1. The van der Waals surface area contributed by atoms with Crippen molar-refractivity contribution in [2.24, 2.45) is 0 Å². The van der Waals surface area contributed by atoms with Crippen LogP contribution in [-0.2, 0) is 4.79 Å². The van der Waals surface area contributed by atoms with Crippen molar-refractivity contribution in [3.05, 3.63) is 29.6 Å². The monoisotopic (exact) mass is 250 g/mol. The summed E-state index contributed by atoms with van der Waals surface area (Å²) in [5.41, 5.74) is 1.36. The molecule has 5 nitrogen and oxygen atoms in total. The fourth-order valence-corrected chi connectivity index (χ4v) is 1.73. The van der Waals surface area contributed by atoms with Crippen molar-refractivity contribution in [2.45, 2.75) is 39.2 Å². The topological polar surface area (TPSA) is 79.3 Å². The van der Waals surface area contributed by atoms with Gasteiger partial charge >= 0.3 is 5.97 Å². The molecule has 18 heavy (non-hydrogen) atoms. The zero-order valence-corrected chi connectivity index (χ0v) is 10.6. The maximum atomic E-state index is 11.9. The summed E-state index contributed by atoms with van der Waals surface area (Å²) in [6.07, 6.45) is 4.56. The number of nitrogens with one attached hydrogen (secondary N) is 1. The van der Waals surface area contributed by atoms with Gasteiger partial charge in [-0.05, 0) is 25.0 Å². The predicted molar refractivity (Wildman–Crippen MR) is 67.4 cm³/mol. The van der Waals surface area contributed by atoms with Crippen LogP contribution in [0.1, 0.15) is 42.1 Å². The Kier molecular flexibility index (Phi) is 5.30. The van der Waals surface area contributed by atoms with E-state index in [4.69, 9.17) is 5.11 Å². The minimum atomic E-state index is -0.906. The number of rotatable bonds is 6. The standard InChI is InChI=1S/C13H18N2O3/c1-3-4-11(6-12(16)17)15-13(18)10-5-9(2)7-14-8-10/h5,7-8,11H,3-4,6H2,1-2H3,(H,15,18)(H,16,17). The van der Waals surface area contributed by atoms with Crippen LogP contribution in [0.4, 0.5) is 0 Å². The smallest absolute Gasteiger partial charge is 0.305 e. The molecule has 1 amide bonds. The molecule has 0 aliphatic carbocycles. The fraction of sp³-hybridized carbons (Fsp3) is 0.462. The molecule has 98 valence electrons. The number of carbonyl (C=O) groups excluding carboxylic acids is 1. The minimum absolute atomic E-state index is 0.0567. The summed E-state index contributed by atoms with van der Waals surface area (Å²) < 4.78 is 0. The highest BCUT2D eigenvalue weighted by Gasteiger charge is 2.16. The van der Waals surface area contributed by atoms with E-state index in [1.807, 2.05) is 13.8 Å². The number of carbonyl (C=O) groups is 2. The zero-order valence-electron chi connectivity index (χ0n) is 10.6. The number of aliphatic carboxylic acids is 1. The summed E-state index contributed by atoms with van der Waals surface area (Å²) in [6, 6.07) is 1.40. The van der Waals surface area contributed by atoms with Crippen LogP contribution in [0, 0.1) is 6.92 Å². The molecule has 2 N–H and O–H groups in total. The molecule has 0 aliphatic heterocycles. The third kappa shape index (κ3) is 4.53. The number of amides is 1. The highest BCUT2D eigenvalue weighted by molar-refractivity contribution is 5.94. The average molecular weight is 250 g/mol. The Labute approximate surface area is 106 Å². The lowest BCUT2D eigenvalue weighted by atomic mass is 10.1. The molecule has 1 unspecified atom stereocenters. The van der Waals surface area contributed by atoms with Gasteiger partial charge < -0.3 is 10.4 Å². The van der Waals surface area contributed by atoms with Gasteiger partial charge in [0.05, 0.1) is 12.0 Å². The van der Waals surface area contributed by atoms with E-state index in [0.29, 0.717) is 12.0 Å². The Hall–Kier alpha value is -1.91. The number of aryl methyl sites for hydroxylation is 1. The highest BCUT2D eigenvalue weighted by atomic mass is 16.4. The van der Waals surface area contributed by atoms with Crippen LogP contribution in [-0.4, -0.2) is 28.0 Å². The molecule has 0 aromatic carbocycles. The van der Waals surface area contributed by atoms with Crippen molar-refractivity contribution in [3.8, 4) is 0 Å². The van der Waals surface area contributed by atoms with Gasteiger partial charge in [0.2, 0.25) is 0 Å². The summed E-state index contributed by atoms with van der Waals surface area (Å²) in [5, 5.41) is 11.5. The summed E-state index contributed by atoms with van der Waals surface area (Å²) in [4.78, 5) is 26.6. The van der Waals surface area contributed by atoms with Crippen molar-refractivity contribution >= 4 is 11.9 Å². The van der Waals surface area contributed by atoms with Gasteiger partial charge in [-0.3, -0.25) is 14.6 Å². The van der Waals surface area contributed by atoms with Crippen molar-refractivity contribution in [1.82, 2.24) is 10.3 Å². The largest absolute Gasteiger partial charge is 0.481 e. The van der Waals surface area contributed by atoms with E-state index in [0.717, 1.165) is 12.0 Å². The van der Waals surface area contributed by atoms with Crippen LogP contribution in [0.5, 0.6) is 0 Å². The lowest BCUT2D eigenvalue weighted by molar-refractivity contribution is -0.137. The first-order valence-corrected chi connectivity index (χ1v) is 5.97. The maximum Gasteiger partial charge on any atom is 0.305 e. The SMILES string of the molecule is CCCC(CC(=O)O)NC(=O)c1cncc(C)c1. The average Bonchev–Trinajstić information content (AvgIpc) is 2.28. The van der Waals surface area contributed by atoms with Crippen LogP contribution < -0.4 is 5.32 Å². The van der Waals surface area contributed by atoms with Crippen LogP contribution >= 0.6 is 0 Å². The molecule has 0 spiro atoms. The number of hydrogen-bond donors (Lipinski definition) is 2. The fourth-order valence-electron chi connectivity index (χ4n) is 1.73. The van der Waals surface area contributed by atoms with Gasteiger partial charge in [-0.1, -0.05) is 13.3 Å². The molecular weight excluding hydrogens is 232 g/mol. The van der Waals surface area contributed by atoms with Gasteiger partial charge in [0.25, 0.3) is 5.91 Å². The lowest BCUT2D eigenvalue weighted by Gasteiger charge is -2.16. The van der Waals surface area contributed by atoms with Crippen molar-refractivity contribution in [3.63, 3.8) is 0 Å². The van der Waals surface area contributed by atoms with Gasteiger partial charge in [-0.25, -0.2) is 0 Å². The first-order chi connectivity index (χ1) is 8.52. The molecule has 0 bridgehead atoms. The van der Waals surface area contributed by atoms with Gasteiger partial charge in [0.15, 0.2) is 0 Å². The second-order valence-electron chi connectivity index (χ2n) is 4.31.